The third-order valence-corrected chi connectivity index (χ3v) is 4.62. The van der Waals surface area contributed by atoms with Gasteiger partial charge >= 0.3 is 0 Å². The second kappa shape index (κ2) is 7.13. The average molecular weight is 364 g/mol. The summed E-state index contributed by atoms with van der Waals surface area (Å²) in [5, 5.41) is 12.1. The smallest absolute Gasteiger partial charge is 0.247 e. The van der Waals surface area contributed by atoms with E-state index in [0.717, 1.165) is 17.0 Å². The number of fused-ring (bicyclic) bond motifs is 3. The minimum atomic E-state index is -0.893. The van der Waals surface area contributed by atoms with Crippen LogP contribution < -0.4 is 10.1 Å². The van der Waals surface area contributed by atoms with Gasteiger partial charge in [-0.05, 0) is 11.8 Å². The summed E-state index contributed by atoms with van der Waals surface area (Å²) >= 11 is 1.47. The number of carbonyl (C=O) groups excluding carboxylic acids is 1. The van der Waals surface area contributed by atoms with Gasteiger partial charge in [0.15, 0.2) is 5.69 Å². The van der Waals surface area contributed by atoms with Crippen molar-refractivity contribution in [2.45, 2.75) is 18.3 Å². The number of hydrogen-bond donors (Lipinski definition) is 1. The number of benzene rings is 2. The monoisotopic (exact) mass is 364 g/mol. The zero-order valence-electron chi connectivity index (χ0n) is 14.0. The van der Waals surface area contributed by atoms with E-state index >= 15 is 0 Å². The summed E-state index contributed by atoms with van der Waals surface area (Å²) in [4.78, 5) is 17.4. The first-order valence-corrected chi connectivity index (χ1v) is 9.24. The SMILES string of the molecule is CCSc1nnc2c(n1)OC(C(=O)c1ccccc1)Nc1ccccc1-2. The number of ketones is 1. The molecule has 0 bridgehead atoms. The van der Waals surface area contributed by atoms with Crippen LogP contribution in [-0.2, 0) is 0 Å². The molecule has 0 saturated heterocycles. The summed E-state index contributed by atoms with van der Waals surface area (Å²) in [6.07, 6.45) is -0.893. The van der Waals surface area contributed by atoms with Crippen molar-refractivity contribution >= 4 is 23.2 Å². The van der Waals surface area contributed by atoms with E-state index in [2.05, 4.69) is 20.5 Å². The first-order valence-electron chi connectivity index (χ1n) is 8.25. The predicted octanol–water partition coefficient (Wildman–Crippen LogP) is 3.66. The van der Waals surface area contributed by atoms with Crippen LogP contribution in [0.3, 0.4) is 0 Å². The number of rotatable bonds is 4. The van der Waals surface area contributed by atoms with Crippen molar-refractivity contribution in [3.8, 4) is 17.1 Å². The molecule has 0 radical (unpaired) electrons. The average Bonchev–Trinajstić information content (AvgIpc) is 2.85. The molecule has 0 fully saturated rings. The topological polar surface area (TPSA) is 77.0 Å². The van der Waals surface area contributed by atoms with Crippen molar-refractivity contribution < 1.29 is 9.53 Å². The fraction of sp³-hybridized carbons (Fsp3) is 0.158. The molecule has 1 unspecified atom stereocenters. The Labute approximate surface area is 155 Å². The summed E-state index contributed by atoms with van der Waals surface area (Å²) in [6.45, 7) is 2.01. The number of Topliss-reactive ketones (excluding diaryl/α,β-unsaturated/α-hetero) is 1. The van der Waals surface area contributed by atoms with Crippen LogP contribution in [0.2, 0.25) is 0 Å². The van der Waals surface area contributed by atoms with Crippen LogP contribution in [0.25, 0.3) is 11.3 Å². The zero-order valence-corrected chi connectivity index (χ0v) is 14.9. The maximum Gasteiger partial charge on any atom is 0.247 e. The molecule has 1 aliphatic heterocycles. The van der Waals surface area contributed by atoms with E-state index in [9.17, 15) is 4.79 Å². The second-order valence-corrected chi connectivity index (χ2v) is 6.83. The molecule has 3 aromatic rings. The molecule has 7 heteroatoms. The molecule has 0 aliphatic carbocycles. The Hall–Kier alpha value is -2.93. The standard InChI is InChI=1S/C19H16N4O2S/c1-2-26-19-21-17-15(22-23-19)13-10-6-7-11-14(13)20-18(25-17)16(24)12-8-4-3-5-9-12/h3-11,18,20H,2H2,1H3. The molecule has 1 aliphatic rings. The lowest BCUT2D eigenvalue weighted by Gasteiger charge is -2.17. The molecule has 130 valence electrons. The van der Waals surface area contributed by atoms with Gasteiger partial charge in [0, 0.05) is 16.8 Å². The minimum Gasteiger partial charge on any atom is -0.444 e. The lowest BCUT2D eigenvalue weighted by atomic mass is 10.1. The molecule has 0 amide bonds. The Kier molecular flexibility index (Phi) is 4.53. The Bertz CT molecular complexity index is 949. The number of para-hydroxylation sites is 1. The molecule has 1 aromatic heterocycles. The van der Waals surface area contributed by atoms with Crippen molar-refractivity contribution in [3.05, 3.63) is 60.2 Å². The summed E-state index contributed by atoms with van der Waals surface area (Å²) in [6, 6.07) is 16.6. The van der Waals surface area contributed by atoms with Crippen molar-refractivity contribution in [1.29, 1.82) is 0 Å². The molecule has 4 rings (SSSR count). The maximum atomic E-state index is 12.9. The van der Waals surface area contributed by atoms with E-state index in [4.69, 9.17) is 4.74 Å². The molecular weight excluding hydrogens is 348 g/mol. The lowest BCUT2D eigenvalue weighted by Crippen LogP contribution is -2.35. The van der Waals surface area contributed by atoms with E-state index in [1.807, 2.05) is 49.4 Å². The van der Waals surface area contributed by atoms with E-state index < -0.39 is 6.23 Å². The fourth-order valence-electron chi connectivity index (χ4n) is 2.71. The molecular formula is C19H16N4O2S. The molecule has 0 spiro atoms. The number of thioether (sulfide) groups is 1. The molecule has 2 aromatic carbocycles. The third-order valence-electron chi connectivity index (χ3n) is 3.90. The molecule has 1 atom stereocenters. The fourth-order valence-corrected chi connectivity index (χ4v) is 3.21. The molecule has 6 nitrogen and oxygen atoms in total. The molecule has 26 heavy (non-hydrogen) atoms. The van der Waals surface area contributed by atoms with Gasteiger partial charge < -0.3 is 10.1 Å². The number of nitrogens with one attached hydrogen (secondary N) is 1. The highest BCUT2D eigenvalue weighted by molar-refractivity contribution is 7.99. The van der Waals surface area contributed by atoms with Gasteiger partial charge in [-0.2, -0.15) is 4.98 Å². The van der Waals surface area contributed by atoms with Gasteiger partial charge in [0.1, 0.15) is 0 Å². The highest BCUT2D eigenvalue weighted by Gasteiger charge is 2.29. The van der Waals surface area contributed by atoms with Gasteiger partial charge in [-0.25, -0.2) is 0 Å². The van der Waals surface area contributed by atoms with Gasteiger partial charge in [-0.15, -0.1) is 10.2 Å². The van der Waals surface area contributed by atoms with Crippen LogP contribution >= 0.6 is 11.8 Å². The minimum absolute atomic E-state index is 0.170. The Balaban J connectivity index is 1.79. The quantitative estimate of drug-likeness (QED) is 0.559. The molecule has 1 N–H and O–H groups in total. The van der Waals surface area contributed by atoms with E-state index in [-0.39, 0.29) is 5.78 Å². The first-order chi connectivity index (χ1) is 12.8. The highest BCUT2D eigenvalue weighted by Crippen LogP contribution is 2.36. The van der Waals surface area contributed by atoms with Crippen LogP contribution in [0.5, 0.6) is 5.88 Å². The van der Waals surface area contributed by atoms with E-state index in [0.29, 0.717) is 22.3 Å². The zero-order chi connectivity index (χ0) is 17.9. The number of hydrogen-bond acceptors (Lipinski definition) is 7. The third kappa shape index (κ3) is 3.13. The Morgan fingerprint density at radius 1 is 1.12 bits per heavy atom. The highest BCUT2D eigenvalue weighted by atomic mass is 32.2. The van der Waals surface area contributed by atoms with Crippen LogP contribution in [0.4, 0.5) is 5.69 Å². The van der Waals surface area contributed by atoms with Crippen LogP contribution in [0.15, 0.2) is 59.8 Å². The number of aromatic nitrogens is 3. The summed E-state index contributed by atoms with van der Waals surface area (Å²) in [7, 11) is 0. The van der Waals surface area contributed by atoms with Crippen molar-refractivity contribution in [1.82, 2.24) is 15.2 Å². The lowest BCUT2D eigenvalue weighted by molar-refractivity contribution is 0.0823. The van der Waals surface area contributed by atoms with E-state index in [1.165, 1.54) is 11.8 Å². The van der Waals surface area contributed by atoms with Crippen LogP contribution in [-0.4, -0.2) is 32.9 Å². The largest absolute Gasteiger partial charge is 0.444 e. The second-order valence-electron chi connectivity index (χ2n) is 5.60. The Morgan fingerprint density at radius 3 is 2.69 bits per heavy atom. The predicted molar refractivity (Wildman–Crippen MR) is 100 cm³/mol. The van der Waals surface area contributed by atoms with E-state index in [1.54, 1.807) is 12.1 Å². The van der Waals surface area contributed by atoms with Gasteiger partial charge in [-0.1, -0.05) is 67.2 Å². The van der Waals surface area contributed by atoms with Gasteiger partial charge in [0.05, 0.1) is 0 Å². The van der Waals surface area contributed by atoms with Crippen LogP contribution in [0.1, 0.15) is 17.3 Å². The van der Waals surface area contributed by atoms with Crippen molar-refractivity contribution in [2.75, 3.05) is 11.1 Å². The summed E-state index contributed by atoms with van der Waals surface area (Å²) in [5.74, 6) is 0.959. The molecule has 2 heterocycles. The number of ether oxygens (including phenoxy) is 1. The number of nitrogens with zero attached hydrogens (tertiary/aromatic N) is 3. The van der Waals surface area contributed by atoms with Crippen molar-refractivity contribution in [3.63, 3.8) is 0 Å². The number of carbonyl (C=O) groups is 1. The molecule has 0 saturated carbocycles. The van der Waals surface area contributed by atoms with Crippen molar-refractivity contribution in [2.24, 2.45) is 0 Å². The summed E-state index contributed by atoms with van der Waals surface area (Å²) in [5.41, 5.74) is 2.65. The first kappa shape index (κ1) is 16.5. The Morgan fingerprint density at radius 2 is 1.88 bits per heavy atom. The summed E-state index contributed by atoms with van der Waals surface area (Å²) < 4.78 is 5.96. The normalized spacial score (nSPS) is 15.0. The maximum absolute atomic E-state index is 12.9. The van der Waals surface area contributed by atoms with Gasteiger partial charge in [-0.3, -0.25) is 4.79 Å². The van der Waals surface area contributed by atoms with Gasteiger partial charge in [0.2, 0.25) is 23.0 Å². The van der Waals surface area contributed by atoms with Crippen LogP contribution in [0, 0.1) is 0 Å². The van der Waals surface area contributed by atoms with Gasteiger partial charge in [0.25, 0.3) is 0 Å². The number of anilines is 1.